The maximum absolute atomic E-state index is 12.9. The molecular formula is C19H26O2PS+. The van der Waals surface area contributed by atoms with Crippen LogP contribution in [-0.4, -0.2) is 42.0 Å². The van der Waals surface area contributed by atoms with Crippen LogP contribution in [0.4, 0.5) is 0 Å². The van der Waals surface area contributed by atoms with Crippen molar-refractivity contribution in [2.75, 3.05) is 20.0 Å². The highest BCUT2D eigenvalue weighted by atomic mass is 32.1. The van der Waals surface area contributed by atoms with Crippen LogP contribution in [0, 0.1) is 0 Å². The monoisotopic (exact) mass is 349 g/mol. The Morgan fingerprint density at radius 2 is 1.52 bits per heavy atom. The van der Waals surface area contributed by atoms with Gasteiger partial charge in [0.15, 0.2) is 11.6 Å². The lowest BCUT2D eigenvalue weighted by Gasteiger charge is -2.35. The number of allylic oxidation sites excluding steroid dienone is 1. The molecule has 1 aliphatic rings. The van der Waals surface area contributed by atoms with Gasteiger partial charge in [0.2, 0.25) is 0 Å². The van der Waals surface area contributed by atoms with Crippen LogP contribution in [0.5, 0.6) is 0 Å². The van der Waals surface area contributed by atoms with E-state index < -0.39 is 7.26 Å². The van der Waals surface area contributed by atoms with Gasteiger partial charge in [-0.2, -0.15) is 12.6 Å². The number of Topliss-reactive ketones (excluding diaryl/α,β-unsaturated/α-hetero) is 2. The molecule has 0 radical (unpaired) electrons. The molecule has 0 N–H and O–H groups in total. The van der Waals surface area contributed by atoms with Crippen LogP contribution in [0.1, 0.15) is 47.9 Å². The van der Waals surface area contributed by atoms with Crippen molar-refractivity contribution in [1.82, 2.24) is 0 Å². The van der Waals surface area contributed by atoms with Crippen molar-refractivity contribution in [1.29, 1.82) is 0 Å². The van der Waals surface area contributed by atoms with Crippen LogP contribution in [-0.2, 0) is 0 Å². The Kier molecular flexibility index (Phi) is 4.95. The van der Waals surface area contributed by atoms with E-state index in [1.165, 1.54) is 0 Å². The zero-order valence-corrected chi connectivity index (χ0v) is 16.6. The van der Waals surface area contributed by atoms with Crippen LogP contribution in [0.3, 0.4) is 0 Å². The third-order valence-corrected chi connectivity index (χ3v) is 9.50. The summed E-state index contributed by atoms with van der Waals surface area (Å²) in [4.78, 5) is 25.5. The second-order valence-corrected chi connectivity index (χ2v) is 13.6. The normalized spacial score (nSPS) is 17.3. The number of carbonyl (C=O) groups excluding carboxylic acids is 2. The Labute approximate surface area is 145 Å². The number of hydrogen-bond donors (Lipinski definition) is 1. The highest BCUT2D eigenvalue weighted by Gasteiger charge is 2.43. The molecule has 1 aromatic rings. The molecule has 0 spiro atoms. The van der Waals surface area contributed by atoms with E-state index >= 15 is 0 Å². The smallest absolute Gasteiger partial charge is 0.191 e. The summed E-state index contributed by atoms with van der Waals surface area (Å²) in [7, 11) is -1.11. The summed E-state index contributed by atoms with van der Waals surface area (Å²) in [5, 5.41) is -0.110. The van der Waals surface area contributed by atoms with Gasteiger partial charge in [0.05, 0.1) is 5.16 Å². The molecule has 1 atom stereocenters. The average molecular weight is 349 g/mol. The summed E-state index contributed by atoms with van der Waals surface area (Å²) < 4.78 is 0. The van der Waals surface area contributed by atoms with E-state index in [0.717, 1.165) is 6.42 Å². The van der Waals surface area contributed by atoms with Gasteiger partial charge in [-0.25, -0.2) is 0 Å². The van der Waals surface area contributed by atoms with Gasteiger partial charge in [-0.05, 0) is 20.8 Å². The summed E-state index contributed by atoms with van der Waals surface area (Å²) in [6.07, 6.45) is 0.793. The van der Waals surface area contributed by atoms with Gasteiger partial charge in [-0.15, -0.1) is 0 Å². The van der Waals surface area contributed by atoms with Crippen molar-refractivity contribution in [3.63, 3.8) is 0 Å². The van der Waals surface area contributed by atoms with E-state index in [2.05, 4.69) is 33.8 Å². The third kappa shape index (κ3) is 3.32. The van der Waals surface area contributed by atoms with Crippen molar-refractivity contribution in [3.05, 3.63) is 46.5 Å². The van der Waals surface area contributed by atoms with Gasteiger partial charge >= 0.3 is 0 Å². The molecule has 0 bridgehead atoms. The average Bonchev–Trinajstić information content (AvgIpc) is 2.43. The molecule has 0 amide bonds. The molecule has 4 heteroatoms. The van der Waals surface area contributed by atoms with Crippen molar-refractivity contribution in [2.24, 2.45) is 0 Å². The lowest BCUT2D eigenvalue weighted by atomic mass is 9.82. The first-order chi connectivity index (χ1) is 10.5. The van der Waals surface area contributed by atoms with Gasteiger partial charge in [-0.1, -0.05) is 24.3 Å². The first-order valence-electron chi connectivity index (χ1n) is 7.86. The Morgan fingerprint density at radius 1 is 1.04 bits per heavy atom. The minimum atomic E-state index is -1.11. The molecule has 0 fully saturated rings. The summed E-state index contributed by atoms with van der Waals surface area (Å²) >= 11 is 4.74. The topological polar surface area (TPSA) is 34.1 Å². The van der Waals surface area contributed by atoms with Crippen LogP contribution >= 0.6 is 19.9 Å². The van der Waals surface area contributed by atoms with Crippen molar-refractivity contribution < 1.29 is 9.59 Å². The van der Waals surface area contributed by atoms with Crippen LogP contribution in [0.2, 0.25) is 0 Å². The van der Waals surface area contributed by atoms with Gasteiger partial charge in [0.1, 0.15) is 0 Å². The molecule has 1 aliphatic carbocycles. The first-order valence-corrected chi connectivity index (χ1v) is 11.5. The number of benzene rings is 1. The maximum Gasteiger partial charge on any atom is 0.191 e. The molecule has 0 heterocycles. The summed E-state index contributed by atoms with van der Waals surface area (Å²) in [5.41, 5.74) is 2.16. The Bertz CT molecular complexity index is 696. The number of thiol groups is 1. The van der Waals surface area contributed by atoms with Crippen LogP contribution < -0.4 is 0 Å². The van der Waals surface area contributed by atoms with E-state index in [1.54, 1.807) is 31.2 Å². The minimum Gasteiger partial charge on any atom is -0.289 e. The maximum atomic E-state index is 12.9. The fourth-order valence-electron chi connectivity index (χ4n) is 2.77. The van der Waals surface area contributed by atoms with Crippen molar-refractivity contribution >= 4 is 31.5 Å². The molecule has 0 aliphatic heterocycles. The predicted molar refractivity (Wildman–Crippen MR) is 104 cm³/mol. The number of rotatable bonds is 4. The van der Waals surface area contributed by atoms with Crippen LogP contribution in [0.25, 0.3) is 0 Å². The number of fused-ring (bicyclic) bond motifs is 1. The zero-order chi connectivity index (χ0) is 17.6. The van der Waals surface area contributed by atoms with E-state index in [9.17, 15) is 9.59 Å². The van der Waals surface area contributed by atoms with Gasteiger partial charge in [0.25, 0.3) is 0 Å². The zero-order valence-electron chi connectivity index (χ0n) is 14.8. The second-order valence-electron chi connectivity index (χ2n) is 7.79. The largest absolute Gasteiger partial charge is 0.289 e. The lowest BCUT2D eigenvalue weighted by Crippen LogP contribution is -2.32. The molecule has 23 heavy (non-hydrogen) atoms. The first kappa shape index (κ1) is 18.4. The Hall–Kier alpha value is -0.920. The van der Waals surface area contributed by atoms with Crippen LogP contribution in [0.15, 0.2) is 35.4 Å². The SMILES string of the molecule is CC1=C(C(S)CC(C)(C)[P+](C)(C)C)C(=O)c2ccccc2C1=O. The molecule has 0 saturated carbocycles. The van der Waals surface area contributed by atoms with E-state index in [-0.39, 0.29) is 22.0 Å². The summed E-state index contributed by atoms with van der Waals surface area (Å²) in [6, 6.07) is 7.08. The Balaban J connectivity index is 2.42. The molecule has 1 unspecified atom stereocenters. The Morgan fingerprint density at radius 3 is 2.00 bits per heavy atom. The number of carbonyl (C=O) groups is 2. The number of ketones is 2. The highest BCUT2D eigenvalue weighted by molar-refractivity contribution is 7.81. The molecule has 124 valence electrons. The highest BCUT2D eigenvalue weighted by Crippen LogP contribution is 2.61. The van der Waals surface area contributed by atoms with E-state index in [0.29, 0.717) is 22.3 Å². The molecule has 0 aromatic heterocycles. The minimum absolute atomic E-state index is 0.0410. The van der Waals surface area contributed by atoms with E-state index in [4.69, 9.17) is 12.6 Å². The van der Waals surface area contributed by atoms with Gasteiger partial charge < -0.3 is 0 Å². The predicted octanol–water partition coefficient (Wildman–Crippen LogP) is 4.76. The number of hydrogen-bond acceptors (Lipinski definition) is 3. The molecule has 1 aromatic carbocycles. The summed E-state index contributed by atoms with van der Waals surface area (Å²) in [5.74, 6) is -0.0849. The fourth-order valence-corrected chi connectivity index (χ4v) is 4.41. The van der Waals surface area contributed by atoms with E-state index in [1.807, 2.05) is 0 Å². The molecular weight excluding hydrogens is 323 g/mol. The standard InChI is InChI=1S/C19H25O2PS/c1-12-16(15(23)11-19(2,3)22(4,5)6)18(21)14-10-8-7-9-13(14)17(12)20/h7-10,15H,11H2,1-6H3/p+1. The lowest BCUT2D eigenvalue weighted by molar-refractivity contribution is 0.0972. The van der Waals surface area contributed by atoms with Crippen molar-refractivity contribution in [2.45, 2.75) is 37.6 Å². The van der Waals surface area contributed by atoms with Gasteiger partial charge in [0, 0.05) is 61.2 Å². The molecule has 2 rings (SSSR count). The molecule has 0 saturated heterocycles. The summed E-state index contributed by atoms with van der Waals surface area (Å²) in [6.45, 7) is 13.1. The quantitative estimate of drug-likeness (QED) is 0.628. The third-order valence-electron chi connectivity index (χ3n) is 5.25. The molecule has 2 nitrogen and oxygen atoms in total. The second kappa shape index (κ2) is 6.18. The van der Waals surface area contributed by atoms with Crippen molar-refractivity contribution in [3.8, 4) is 0 Å². The van der Waals surface area contributed by atoms with Gasteiger partial charge in [-0.3, -0.25) is 9.59 Å². The fraction of sp³-hybridized carbons (Fsp3) is 0.474.